The van der Waals surface area contributed by atoms with Gasteiger partial charge >= 0.3 is 0 Å². The van der Waals surface area contributed by atoms with Gasteiger partial charge in [-0.2, -0.15) is 0 Å². The third-order valence-corrected chi connectivity index (χ3v) is 3.57. The Labute approximate surface area is 145 Å². The van der Waals surface area contributed by atoms with E-state index in [1.807, 2.05) is 0 Å². The summed E-state index contributed by atoms with van der Waals surface area (Å²) in [6.45, 7) is 7.70. The second-order valence-electron chi connectivity index (χ2n) is 5.22. The molecule has 0 aromatic rings. The first-order valence-electron chi connectivity index (χ1n) is 7.77. The Morgan fingerprint density at radius 1 is 0.792 bits per heavy atom. The van der Waals surface area contributed by atoms with Gasteiger partial charge in [0.1, 0.15) is 25.8 Å². The maximum atomic E-state index is 10.4. The molecule has 7 heteroatoms. The smallest absolute Gasteiger partial charge is 0.147 e. The van der Waals surface area contributed by atoms with E-state index in [-0.39, 0.29) is 38.0 Å². The van der Waals surface area contributed by atoms with E-state index in [1.165, 1.54) is 14.2 Å². The van der Waals surface area contributed by atoms with Crippen molar-refractivity contribution in [3.05, 3.63) is 25.3 Å². The largest absolute Gasteiger partial charge is 0.393 e. The molecule has 24 heavy (non-hydrogen) atoms. The molecule has 0 bridgehead atoms. The number of aliphatic hydroxyl groups excluding tert-OH is 1. The SMILES string of the molecule is C=C[C@@H](OCOC)[C@@H](CC(O)C[C@@H](OC)[C@@H](C=C)OCOC)OC. The van der Waals surface area contributed by atoms with Crippen molar-refractivity contribution in [3.8, 4) is 0 Å². The van der Waals surface area contributed by atoms with Gasteiger partial charge in [0, 0.05) is 41.3 Å². The minimum atomic E-state index is -0.679. The van der Waals surface area contributed by atoms with Crippen LogP contribution >= 0.6 is 0 Å². The molecule has 0 saturated carbocycles. The summed E-state index contributed by atoms with van der Waals surface area (Å²) in [5.74, 6) is 0. The third kappa shape index (κ3) is 8.89. The highest BCUT2D eigenvalue weighted by atomic mass is 16.7. The fourth-order valence-corrected chi connectivity index (χ4v) is 2.31. The molecule has 0 radical (unpaired) electrons. The Balaban J connectivity index is 4.64. The van der Waals surface area contributed by atoms with Crippen molar-refractivity contribution < 1.29 is 33.5 Å². The van der Waals surface area contributed by atoms with Crippen LogP contribution in [-0.4, -0.2) is 77.7 Å². The van der Waals surface area contributed by atoms with E-state index in [1.54, 1.807) is 26.4 Å². The van der Waals surface area contributed by atoms with Crippen LogP contribution in [0.1, 0.15) is 12.8 Å². The summed E-state index contributed by atoms with van der Waals surface area (Å²) in [5, 5.41) is 10.4. The highest BCUT2D eigenvalue weighted by Gasteiger charge is 2.27. The van der Waals surface area contributed by atoms with Crippen molar-refractivity contribution in [1.82, 2.24) is 0 Å². The van der Waals surface area contributed by atoms with E-state index in [0.29, 0.717) is 12.8 Å². The van der Waals surface area contributed by atoms with E-state index in [9.17, 15) is 5.11 Å². The van der Waals surface area contributed by atoms with Crippen molar-refractivity contribution in [2.75, 3.05) is 42.0 Å². The number of hydrogen-bond donors (Lipinski definition) is 1. The van der Waals surface area contributed by atoms with Crippen molar-refractivity contribution in [3.63, 3.8) is 0 Å². The summed E-state index contributed by atoms with van der Waals surface area (Å²) < 4.78 is 31.6. The summed E-state index contributed by atoms with van der Waals surface area (Å²) in [7, 11) is 6.20. The lowest BCUT2D eigenvalue weighted by Crippen LogP contribution is -2.37. The van der Waals surface area contributed by atoms with Crippen LogP contribution in [0.4, 0.5) is 0 Å². The number of aliphatic hydroxyl groups is 1. The number of rotatable bonds is 16. The zero-order valence-electron chi connectivity index (χ0n) is 15.2. The van der Waals surface area contributed by atoms with Crippen LogP contribution in [0.2, 0.25) is 0 Å². The maximum Gasteiger partial charge on any atom is 0.147 e. The molecule has 0 aromatic carbocycles. The summed E-state index contributed by atoms with van der Waals surface area (Å²) in [6.07, 6.45) is 1.80. The molecule has 0 fully saturated rings. The zero-order chi connectivity index (χ0) is 18.4. The topological polar surface area (TPSA) is 75.6 Å². The molecule has 0 spiro atoms. The molecule has 1 N–H and O–H groups in total. The summed E-state index contributed by atoms with van der Waals surface area (Å²) in [5.41, 5.74) is 0. The average molecular weight is 348 g/mol. The Morgan fingerprint density at radius 2 is 1.17 bits per heavy atom. The molecule has 0 aromatic heterocycles. The molecule has 7 nitrogen and oxygen atoms in total. The van der Waals surface area contributed by atoms with Gasteiger partial charge in [-0.25, -0.2) is 0 Å². The van der Waals surface area contributed by atoms with Gasteiger partial charge in [-0.3, -0.25) is 0 Å². The van der Waals surface area contributed by atoms with Crippen LogP contribution in [0.25, 0.3) is 0 Å². The van der Waals surface area contributed by atoms with Crippen LogP contribution in [0.5, 0.6) is 0 Å². The first-order chi connectivity index (χ1) is 11.6. The van der Waals surface area contributed by atoms with Gasteiger partial charge in [0.2, 0.25) is 0 Å². The van der Waals surface area contributed by atoms with Crippen LogP contribution in [0.15, 0.2) is 25.3 Å². The molecule has 0 heterocycles. The Bertz CT molecular complexity index is 294. The number of hydrogen-bond acceptors (Lipinski definition) is 7. The molecule has 0 saturated heterocycles. The molecule has 4 atom stereocenters. The fraction of sp³-hybridized carbons (Fsp3) is 0.765. The van der Waals surface area contributed by atoms with Crippen LogP contribution in [0, 0.1) is 0 Å². The average Bonchev–Trinajstić information content (AvgIpc) is 2.60. The monoisotopic (exact) mass is 348 g/mol. The maximum absolute atomic E-state index is 10.4. The van der Waals surface area contributed by atoms with Crippen LogP contribution in [0.3, 0.4) is 0 Å². The highest BCUT2D eigenvalue weighted by Crippen LogP contribution is 2.18. The van der Waals surface area contributed by atoms with Gasteiger partial charge in [-0.05, 0) is 0 Å². The molecule has 0 aliphatic heterocycles. The lowest BCUT2D eigenvalue weighted by atomic mass is 9.99. The Hall–Kier alpha value is -0.800. The molecule has 0 rings (SSSR count). The molecule has 0 aliphatic rings. The van der Waals surface area contributed by atoms with Gasteiger partial charge in [0.15, 0.2) is 0 Å². The van der Waals surface area contributed by atoms with E-state index < -0.39 is 6.10 Å². The zero-order valence-corrected chi connectivity index (χ0v) is 15.2. The fourth-order valence-electron chi connectivity index (χ4n) is 2.31. The lowest BCUT2D eigenvalue weighted by molar-refractivity contribution is -0.122. The summed E-state index contributed by atoms with van der Waals surface area (Å²) in [6, 6.07) is 0. The molecular weight excluding hydrogens is 316 g/mol. The lowest BCUT2D eigenvalue weighted by Gasteiger charge is -2.29. The van der Waals surface area contributed by atoms with Gasteiger partial charge in [0.25, 0.3) is 0 Å². The van der Waals surface area contributed by atoms with E-state index in [0.717, 1.165) is 0 Å². The van der Waals surface area contributed by atoms with Crippen molar-refractivity contribution in [1.29, 1.82) is 0 Å². The number of ether oxygens (including phenoxy) is 6. The van der Waals surface area contributed by atoms with E-state index >= 15 is 0 Å². The minimum Gasteiger partial charge on any atom is -0.393 e. The second kappa shape index (κ2) is 14.5. The van der Waals surface area contributed by atoms with Gasteiger partial charge < -0.3 is 33.5 Å². The van der Waals surface area contributed by atoms with Gasteiger partial charge in [0.05, 0.1) is 18.3 Å². The second-order valence-corrected chi connectivity index (χ2v) is 5.22. The Morgan fingerprint density at radius 3 is 1.42 bits per heavy atom. The van der Waals surface area contributed by atoms with Crippen molar-refractivity contribution in [2.24, 2.45) is 0 Å². The molecule has 142 valence electrons. The van der Waals surface area contributed by atoms with Crippen molar-refractivity contribution >= 4 is 0 Å². The number of methoxy groups -OCH3 is 4. The molecule has 0 aliphatic carbocycles. The summed E-state index contributed by atoms with van der Waals surface area (Å²) in [4.78, 5) is 0. The molecule has 0 unspecified atom stereocenters. The first kappa shape index (κ1) is 23.2. The first-order valence-corrected chi connectivity index (χ1v) is 7.77. The van der Waals surface area contributed by atoms with Crippen LogP contribution < -0.4 is 0 Å². The van der Waals surface area contributed by atoms with Crippen LogP contribution in [-0.2, 0) is 28.4 Å². The Kier molecular flexibility index (Phi) is 14.1. The molecule has 0 amide bonds. The quantitative estimate of drug-likeness (QED) is 0.335. The standard InChI is InChI=1S/C17H32O7/c1-7-14(23-11-19-3)16(21-5)9-13(18)10-17(22-6)15(8-2)24-12-20-4/h7-8,13-18H,1-2,9-12H2,3-6H3/t14-,15-,16-,17-/m1/s1. The highest BCUT2D eigenvalue weighted by molar-refractivity contribution is 4.91. The third-order valence-electron chi connectivity index (χ3n) is 3.57. The van der Waals surface area contributed by atoms with Gasteiger partial charge in [-0.1, -0.05) is 12.2 Å². The normalized spacial score (nSPS) is 16.6. The molecular formula is C17H32O7. The predicted molar refractivity (Wildman–Crippen MR) is 90.7 cm³/mol. The minimum absolute atomic E-state index is 0.122. The van der Waals surface area contributed by atoms with E-state index in [2.05, 4.69) is 13.2 Å². The van der Waals surface area contributed by atoms with Crippen molar-refractivity contribution in [2.45, 2.75) is 43.4 Å². The van der Waals surface area contributed by atoms with Gasteiger partial charge in [-0.15, -0.1) is 13.2 Å². The summed E-state index contributed by atoms with van der Waals surface area (Å²) >= 11 is 0. The van der Waals surface area contributed by atoms with E-state index in [4.69, 9.17) is 28.4 Å². The predicted octanol–water partition coefficient (Wildman–Crippen LogP) is 1.51.